The summed E-state index contributed by atoms with van der Waals surface area (Å²) in [6.45, 7) is 3.54. The molecule has 0 spiro atoms. The van der Waals surface area contributed by atoms with Crippen LogP contribution in [0.3, 0.4) is 0 Å². The van der Waals surface area contributed by atoms with Crippen LogP contribution in [0.25, 0.3) is 11.1 Å². The number of carbonyl (C=O) groups excluding carboxylic acids is 1. The Morgan fingerprint density at radius 3 is 2.55 bits per heavy atom. The lowest BCUT2D eigenvalue weighted by atomic mass is 9.98. The van der Waals surface area contributed by atoms with Crippen LogP contribution in [0.15, 0.2) is 30.5 Å². The van der Waals surface area contributed by atoms with Crippen molar-refractivity contribution >= 4 is 11.9 Å². The molecule has 0 aliphatic carbocycles. The Labute approximate surface area is 178 Å². The predicted molar refractivity (Wildman–Crippen MR) is 108 cm³/mol. The third-order valence-corrected chi connectivity index (χ3v) is 5.71. The molecule has 1 aromatic heterocycles. The highest BCUT2D eigenvalue weighted by Crippen LogP contribution is 2.38. The van der Waals surface area contributed by atoms with Gasteiger partial charge in [0, 0.05) is 31.4 Å². The summed E-state index contributed by atoms with van der Waals surface area (Å²) >= 11 is 0. The monoisotopic (exact) mass is 435 g/mol. The molecule has 2 aliphatic rings. The zero-order valence-corrected chi connectivity index (χ0v) is 16.9. The number of alkyl halides is 3. The van der Waals surface area contributed by atoms with E-state index >= 15 is 0 Å². The molecule has 0 bridgehead atoms. The molecule has 2 N–H and O–H groups in total. The second-order valence-corrected chi connectivity index (χ2v) is 7.74. The van der Waals surface area contributed by atoms with Gasteiger partial charge in [-0.2, -0.15) is 13.2 Å². The molecule has 2 aliphatic heterocycles. The average Bonchev–Trinajstić information content (AvgIpc) is 3.24. The highest BCUT2D eigenvalue weighted by atomic mass is 19.4. The maximum absolute atomic E-state index is 13.0. The molecule has 1 atom stereocenters. The van der Waals surface area contributed by atoms with Gasteiger partial charge in [-0.3, -0.25) is 9.69 Å². The number of amides is 1. The van der Waals surface area contributed by atoms with Crippen LogP contribution in [0.4, 0.5) is 19.1 Å². The van der Waals surface area contributed by atoms with Crippen LogP contribution in [-0.4, -0.2) is 65.1 Å². The van der Waals surface area contributed by atoms with E-state index in [0.717, 1.165) is 18.6 Å². The predicted octanol–water partition coefficient (Wildman–Crippen LogP) is 2.74. The molecule has 10 heteroatoms. The van der Waals surface area contributed by atoms with E-state index in [1.807, 2.05) is 0 Å². The molecule has 31 heavy (non-hydrogen) atoms. The van der Waals surface area contributed by atoms with Gasteiger partial charge in [0.1, 0.15) is 0 Å². The number of hydrogen-bond donors (Lipinski definition) is 1. The Morgan fingerprint density at radius 1 is 1.16 bits per heavy atom. The van der Waals surface area contributed by atoms with Gasteiger partial charge in [-0.15, -0.1) is 0 Å². The van der Waals surface area contributed by atoms with Crippen molar-refractivity contribution in [3.8, 4) is 11.1 Å². The number of carbonyl (C=O) groups is 1. The Balaban J connectivity index is 1.61. The summed E-state index contributed by atoms with van der Waals surface area (Å²) in [6.07, 6.45) is -1.37. The number of halogens is 3. The van der Waals surface area contributed by atoms with Gasteiger partial charge in [0.25, 0.3) is 0 Å². The number of rotatable bonds is 4. The number of nitrogens with zero attached hydrogens (tertiary/aromatic N) is 4. The molecule has 3 heterocycles. The van der Waals surface area contributed by atoms with E-state index in [2.05, 4.69) is 14.9 Å². The lowest BCUT2D eigenvalue weighted by Crippen LogP contribution is -2.44. The summed E-state index contributed by atoms with van der Waals surface area (Å²) in [4.78, 5) is 25.3. The quantitative estimate of drug-likeness (QED) is 0.795. The molecule has 166 valence electrons. The van der Waals surface area contributed by atoms with Gasteiger partial charge in [0.05, 0.1) is 37.1 Å². The van der Waals surface area contributed by atoms with Gasteiger partial charge in [0.2, 0.25) is 11.9 Å². The average molecular weight is 435 g/mol. The normalized spacial score (nSPS) is 20.2. The van der Waals surface area contributed by atoms with Crippen molar-refractivity contribution < 1.29 is 22.7 Å². The number of nitrogen functional groups attached to an aromatic ring is 1. The number of hydrogen-bond acceptors (Lipinski definition) is 6. The van der Waals surface area contributed by atoms with Crippen LogP contribution in [0, 0.1) is 0 Å². The molecule has 1 aromatic carbocycles. The fourth-order valence-corrected chi connectivity index (χ4v) is 4.12. The standard InChI is InChI=1S/C21H24F3N5O2/c22-21(23,24)15-5-3-14(4-6-15)16-12-26-20(25)27-19(16)17-2-1-7-29(17)18(30)13-28-8-10-31-11-9-28/h3-6,12,17H,1-2,7-11,13H2,(H2,25,26,27). The summed E-state index contributed by atoms with van der Waals surface area (Å²) in [5.41, 5.74) is 6.81. The van der Waals surface area contributed by atoms with E-state index < -0.39 is 11.7 Å². The number of likely N-dealkylation sites (tertiary alicyclic amines) is 1. The number of anilines is 1. The summed E-state index contributed by atoms with van der Waals surface area (Å²) in [7, 11) is 0. The van der Waals surface area contributed by atoms with Crippen LogP contribution in [0.1, 0.15) is 30.1 Å². The molecule has 4 rings (SSSR count). The third kappa shape index (κ3) is 4.80. The summed E-state index contributed by atoms with van der Waals surface area (Å²) in [5, 5.41) is 0. The molecule has 0 saturated carbocycles. The van der Waals surface area contributed by atoms with Gasteiger partial charge in [-0.05, 0) is 30.5 Å². The summed E-state index contributed by atoms with van der Waals surface area (Å²) in [5.74, 6) is 0.0677. The third-order valence-electron chi connectivity index (χ3n) is 5.71. The number of benzene rings is 1. The number of ether oxygens (including phenoxy) is 1. The van der Waals surface area contributed by atoms with Crippen LogP contribution in [-0.2, 0) is 15.7 Å². The second kappa shape index (κ2) is 8.80. The lowest BCUT2D eigenvalue weighted by Gasteiger charge is -2.31. The Bertz CT molecular complexity index is 930. The minimum Gasteiger partial charge on any atom is -0.379 e. The van der Waals surface area contributed by atoms with E-state index in [1.54, 1.807) is 4.90 Å². The van der Waals surface area contributed by atoms with Crippen LogP contribution >= 0.6 is 0 Å². The van der Waals surface area contributed by atoms with Gasteiger partial charge in [0.15, 0.2) is 0 Å². The second-order valence-electron chi connectivity index (χ2n) is 7.74. The fraction of sp³-hybridized carbons (Fsp3) is 0.476. The zero-order valence-electron chi connectivity index (χ0n) is 16.9. The van der Waals surface area contributed by atoms with E-state index in [1.165, 1.54) is 18.3 Å². The molecule has 2 aromatic rings. The van der Waals surface area contributed by atoms with E-state index in [-0.39, 0.29) is 17.9 Å². The highest BCUT2D eigenvalue weighted by molar-refractivity contribution is 5.79. The van der Waals surface area contributed by atoms with E-state index in [0.29, 0.717) is 62.6 Å². The molecule has 1 amide bonds. The first kappa shape index (κ1) is 21.5. The zero-order chi connectivity index (χ0) is 22.0. The molecule has 1 unspecified atom stereocenters. The van der Waals surface area contributed by atoms with Crippen molar-refractivity contribution in [1.29, 1.82) is 0 Å². The first-order valence-electron chi connectivity index (χ1n) is 10.2. The number of morpholine rings is 1. The first-order chi connectivity index (χ1) is 14.8. The Hall–Kier alpha value is -2.72. The molecule has 2 saturated heterocycles. The van der Waals surface area contributed by atoms with Crippen molar-refractivity contribution in [3.05, 3.63) is 41.7 Å². The van der Waals surface area contributed by atoms with Crippen molar-refractivity contribution in [2.24, 2.45) is 0 Å². The Morgan fingerprint density at radius 2 is 1.87 bits per heavy atom. The summed E-state index contributed by atoms with van der Waals surface area (Å²) in [6, 6.07) is 4.57. The SMILES string of the molecule is Nc1ncc(-c2ccc(C(F)(F)F)cc2)c(C2CCCN2C(=O)CN2CCOCC2)n1. The van der Waals surface area contributed by atoms with E-state index in [9.17, 15) is 18.0 Å². The van der Waals surface area contributed by atoms with Gasteiger partial charge >= 0.3 is 6.18 Å². The van der Waals surface area contributed by atoms with Crippen molar-refractivity contribution in [3.63, 3.8) is 0 Å². The minimum atomic E-state index is -4.41. The molecular formula is C21H24F3N5O2. The largest absolute Gasteiger partial charge is 0.416 e. The van der Waals surface area contributed by atoms with Crippen LogP contribution in [0.5, 0.6) is 0 Å². The fourth-order valence-electron chi connectivity index (χ4n) is 4.12. The highest BCUT2D eigenvalue weighted by Gasteiger charge is 2.34. The first-order valence-corrected chi connectivity index (χ1v) is 10.2. The van der Waals surface area contributed by atoms with Gasteiger partial charge in [-0.1, -0.05) is 12.1 Å². The van der Waals surface area contributed by atoms with Crippen molar-refractivity contribution in [2.45, 2.75) is 25.1 Å². The lowest BCUT2D eigenvalue weighted by molar-refractivity contribution is -0.137. The minimum absolute atomic E-state index is 0.0000435. The van der Waals surface area contributed by atoms with E-state index in [4.69, 9.17) is 10.5 Å². The topological polar surface area (TPSA) is 84.6 Å². The smallest absolute Gasteiger partial charge is 0.379 e. The summed E-state index contributed by atoms with van der Waals surface area (Å²) < 4.78 is 44.1. The molecule has 2 fully saturated rings. The van der Waals surface area contributed by atoms with Gasteiger partial charge < -0.3 is 15.4 Å². The molecule has 0 radical (unpaired) electrons. The number of nitrogens with two attached hydrogens (primary N) is 1. The maximum Gasteiger partial charge on any atom is 0.416 e. The van der Waals surface area contributed by atoms with Crippen LogP contribution < -0.4 is 5.73 Å². The van der Waals surface area contributed by atoms with Crippen molar-refractivity contribution in [2.75, 3.05) is 45.1 Å². The van der Waals surface area contributed by atoms with Crippen LogP contribution in [0.2, 0.25) is 0 Å². The number of aromatic nitrogens is 2. The van der Waals surface area contributed by atoms with Crippen molar-refractivity contribution in [1.82, 2.24) is 19.8 Å². The molecular weight excluding hydrogens is 411 g/mol. The maximum atomic E-state index is 13.0. The van der Waals surface area contributed by atoms with Gasteiger partial charge in [-0.25, -0.2) is 9.97 Å². The molecule has 7 nitrogen and oxygen atoms in total. The Kier molecular flexibility index (Phi) is 6.10.